The lowest BCUT2D eigenvalue weighted by atomic mass is 10.2. The molecule has 0 amide bonds. The highest BCUT2D eigenvalue weighted by atomic mass is 35.5. The second-order valence-corrected chi connectivity index (χ2v) is 6.96. The molecule has 0 aliphatic rings. The number of hydrogen-bond donors (Lipinski definition) is 2. The molecule has 2 N–H and O–H groups in total. The Hall–Kier alpha value is -1.69. The summed E-state index contributed by atoms with van der Waals surface area (Å²) in [6.45, 7) is 0. The molecule has 0 unspecified atom stereocenters. The molecule has 21 heavy (non-hydrogen) atoms. The third kappa shape index (κ3) is 2.72. The molecule has 0 aliphatic heterocycles. The van der Waals surface area contributed by atoms with Gasteiger partial charge in [0.05, 0.1) is 21.1 Å². The van der Waals surface area contributed by atoms with Crippen LogP contribution in [0.25, 0.3) is 10.9 Å². The molecule has 0 spiro atoms. The van der Waals surface area contributed by atoms with E-state index in [1.165, 1.54) is 12.1 Å². The van der Waals surface area contributed by atoms with Crippen molar-refractivity contribution < 1.29 is 8.42 Å². The van der Waals surface area contributed by atoms with Gasteiger partial charge in [-0.15, -0.1) is 0 Å². The molecule has 1 heterocycles. The molecule has 0 bridgehead atoms. The van der Waals surface area contributed by atoms with Crippen LogP contribution in [0.15, 0.2) is 53.6 Å². The van der Waals surface area contributed by atoms with Crippen LogP contribution >= 0.6 is 23.2 Å². The number of H-pyrrole nitrogens is 1. The van der Waals surface area contributed by atoms with Crippen LogP contribution in [0.2, 0.25) is 10.0 Å². The summed E-state index contributed by atoms with van der Waals surface area (Å²) in [7, 11) is -3.66. The summed E-state index contributed by atoms with van der Waals surface area (Å²) in [5, 5.41) is 1.44. The van der Waals surface area contributed by atoms with Crippen molar-refractivity contribution in [3.63, 3.8) is 0 Å². The van der Waals surface area contributed by atoms with Crippen LogP contribution in [0, 0.1) is 0 Å². The monoisotopic (exact) mass is 340 g/mol. The second kappa shape index (κ2) is 5.26. The number of rotatable bonds is 3. The molecule has 0 fully saturated rings. The summed E-state index contributed by atoms with van der Waals surface area (Å²) in [5.41, 5.74) is 1.05. The maximum atomic E-state index is 12.3. The lowest BCUT2D eigenvalue weighted by Gasteiger charge is -2.07. The van der Waals surface area contributed by atoms with Gasteiger partial charge in [0.15, 0.2) is 0 Å². The summed E-state index contributed by atoms with van der Waals surface area (Å²) in [4.78, 5) is 3.13. The van der Waals surface area contributed by atoms with E-state index in [0.29, 0.717) is 26.6 Å². The van der Waals surface area contributed by atoms with Gasteiger partial charge in [0.25, 0.3) is 10.0 Å². The van der Waals surface area contributed by atoms with Crippen LogP contribution in [0.1, 0.15) is 0 Å². The van der Waals surface area contributed by atoms with Crippen LogP contribution in [0.4, 0.5) is 5.69 Å². The maximum absolute atomic E-state index is 12.3. The third-order valence-electron chi connectivity index (χ3n) is 2.99. The number of sulfonamides is 1. The van der Waals surface area contributed by atoms with Crippen LogP contribution in [0.3, 0.4) is 0 Å². The van der Waals surface area contributed by atoms with Crippen LogP contribution in [-0.4, -0.2) is 13.4 Å². The number of hydrogen-bond acceptors (Lipinski definition) is 2. The molecule has 4 nitrogen and oxygen atoms in total. The Morgan fingerprint density at radius 1 is 1.05 bits per heavy atom. The third-order valence-corrected chi connectivity index (χ3v) is 4.89. The Morgan fingerprint density at radius 3 is 2.48 bits per heavy atom. The molecule has 7 heteroatoms. The smallest absolute Gasteiger partial charge is 0.261 e. The zero-order valence-electron chi connectivity index (χ0n) is 10.6. The van der Waals surface area contributed by atoms with Crippen molar-refractivity contribution in [2.45, 2.75) is 4.90 Å². The zero-order valence-corrected chi connectivity index (χ0v) is 12.9. The van der Waals surface area contributed by atoms with E-state index in [-0.39, 0.29) is 4.90 Å². The molecule has 0 saturated heterocycles. The first-order valence-corrected chi connectivity index (χ1v) is 8.25. The van der Waals surface area contributed by atoms with Crippen molar-refractivity contribution in [2.75, 3.05) is 4.72 Å². The van der Waals surface area contributed by atoms with Gasteiger partial charge in [-0.25, -0.2) is 8.42 Å². The number of aromatic nitrogens is 1. The number of aromatic amines is 1. The van der Waals surface area contributed by atoms with Gasteiger partial charge in [-0.2, -0.15) is 0 Å². The van der Waals surface area contributed by atoms with Crippen molar-refractivity contribution in [3.8, 4) is 0 Å². The van der Waals surface area contributed by atoms with E-state index in [1.54, 1.807) is 36.5 Å². The van der Waals surface area contributed by atoms with Gasteiger partial charge in [-0.1, -0.05) is 41.4 Å². The first-order valence-electron chi connectivity index (χ1n) is 6.01. The van der Waals surface area contributed by atoms with Crippen molar-refractivity contribution >= 4 is 49.8 Å². The summed E-state index contributed by atoms with van der Waals surface area (Å²) in [6, 6.07) is 11.4. The highest BCUT2D eigenvalue weighted by Crippen LogP contribution is 2.34. The predicted octanol–water partition coefficient (Wildman–Crippen LogP) is 4.28. The number of halogens is 2. The molecular weight excluding hydrogens is 331 g/mol. The molecule has 1 aromatic heterocycles. The minimum atomic E-state index is -3.66. The van der Waals surface area contributed by atoms with E-state index >= 15 is 0 Å². The Balaban J connectivity index is 2.07. The zero-order chi connectivity index (χ0) is 15.0. The van der Waals surface area contributed by atoms with E-state index in [0.717, 1.165) is 0 Å². The number of benzene rings is 2. The first-order chi connectivity index (χ1) is 9.97. The fourth-order valence-electron chi connectivity index (χ4n) is 2.07. The Morgan fingerprint density at radius 2 is 1.76 bits per heavy atom. The molecular formula is C14H10Cl2N2O2S. The Bertz CT molecular complexity index is 905. The van der Waals surface area contributed by atoms with E-state index < -0.39 is 10.0 Å². The largest absolute Gasteiger partial charge is 0.359 e. The molecule has 3 aromatic rings. The van der Waals surface area contributed by atoms with Crippen LogP contribution in [0.5, 0.6) is 0 Å². The minimum absolute atomic E-state index is 0.185. The first kappa shape index (κ1) is 14.3. The quantitative estimate of drug-likeness (QED) is 0.747. The highest BCUT2D eigenvalue weighted by molar-refractivity contribution is 7.92. The van der Waals surface area contributed by atoms with Gasteiger partial charge >= 0.3 is 0 Å². The number of fused-ring (bicyclic) bond motifs is 1. The van der Waals surface area contributed by atoms with Crippen molar-refractivity contribution in [1.82, 2.24) is 4.98 Å². The summed E-state index contributed by atoms with van der Waals surface area (Å²) in [5.74, 6) is 0. The standard InChI is InChI=1S/C14H10Cl2N2O2S/c15-9-6-11(16)14-12(7-9)17-8-13(14)18-21(19,20)10-4-2-1-3-5-10/h1-8,17-18H. The lowest BCUT2D eigenvalue weighted by molar-refractivity contribution is 0.601. The summed E-state index contributed by atoms with van der Waals surface area (Å²) in [6.07, 6.45) is 1.55. The molecule has 0 saturated carbocycles. The number of anilines is 1. The average molecular weight is 341 g/mol. The molecule has 108 valence electrons. The van der Waals surface area contributed by atoms with Gasteiger partial charge in [0.2, 0.25) is 0 Å². The van der Waals surface area contributed by atoms with Gasteiger partial charge in [0, 0.05) is 16.6 Å². The average Bonchev–Trinajstić information content (AvgIpc) is 2.82. The predicted molar refractivity (Wildman–Crippen MR) is 85.6 cm³/mol. The summed E-state index contributed by atoms with van der Waals surface area (Å²) < 4.78 is 27.2. The summed E-state index contributed by atoms with van der Waals surface area (Å²) >= 11 is 12.1. The molecule has 0 radical (unpaired) electrons. The van der Waals surface area contributed by atoms with Gasteiger partial charge in [-0.05, 0) is 24.3 Å². The van der Waals surface area contributed by atoms with Gasteiger partial charge < -0.3 is 4.98 Å². The van der Waals surface area contributed by atoms with E-state index in [2.05, 4.69) is 9.71 Å². The van der Waals surface area contributed by atoms with Crippen LogP contribution in [-0.2, 0) is 10.0 Å². The molecule has 3 rings (SSSR count). The van der Waals surface area contributed by atoms with Crippen molar-refractivity contribution in [3.05, 3.63) is 58.7 Å². The van der Waals surface area contributed by atoms with E-state index in [1.807, 2.05) is 0 Å². The normalized spacial score (nSPS) is 11.7. The van der Waals surface area contributed by atoms with E-state index in [4.69, 9.17) is 23.2 Å². The topological polar surface area (TPSA) is 62.0 Å². The van der Waals surface area contributed by atoms with Gasteiger partial charge in [-0.3, -0.25) is 4.72 Å². The SMILES string of the molecule is O=S(=O)(Nc1c[nH]c2cc(Cl)cc(Cl)c12)c1ccccc1. The number of nitrogens with one attached hydrogen (secondary N) is 2. The second-order valence-electron chi connectivity index (χ2n) is 4.43. The Labute approximate surface area is 131 Å². The van der Waals surface area contributed by atoms with Crippen molar-refractivity contribution in [2.24, 2.45) is 0 Å². The highest BCUT2D eigenvalue weighted by Gasteiger charge is 2.17. The van der Waals surface area contributed by atoms with Crippen LogP contribution < -0.4 is 4.72 Å². The Kier molecular flexibility index (Phi) is 3.57. The van der Waals surface area contributed by atoms with Crippen molar-refractivity contribution in [1.29, 1.82) is 0 Å². The lowest BCUT2D eigenvalue weighted by Crippen LogP contribution is -2.12. The molecule has 0 atom stereocenters. The van der Waals surface area contributed by atoms with E-state index in [9.17, 15) is 8.42 Å². The van der Waals surface area contributed by atoms with Gasteiger partial charge in [0.1, 0.15) is 0 Å². The molecule has 2 aromatic carbocycles. The fourth-order valence-corrected chi connectivity index (χ4v) is 3.75. The fraction of sp³-hybridized carbons (Fsp3) is 0. The molecule has 0 aliphatic carbocycles. The maximum Gasteiger partial charge on any atom is 0.261 e. The minimum Gasteiger partial charge on any atom is -0.359 e.